The Morgan fingerprint density at radius 1 is 1.11 bits per heavy atom. The van der Waals surface area contributed by atoms with Gasteiger partial charge in [-0.2, -0.15) is 0 Å². The van der Waals surface area contributed by atoms with Crippen LogP contribution in [0.25, 0.3) is 0 Å². The zero-order valence-corrected chi connectivity index (χ0v) is 11.9. The van der Waals surface area contributed by atoms with Crippen molar-refractivity contribution in [1.29, 1.82) is 0 Å². The average Bonchev–Trinajstić information content (AvgIpc) is 2.43. The van der Waals surface area contributed by atoms with Gasteiger partial charge in [-0.3, -0.25) is 0 Å². The summed E-state index contributed by atoms with van der Waals surface area (Å²) in [5, 5.41) is 0. The van der Waals surface area contributed by atoms with E-state index in [4.69, 9.17) is 0 Å². The first kappa shape index (κ1) is 16.0. The topological polar surface area (TPSA) is 0 Å². The van der Waals surface area contributed by atoms with Crippen LogP contribution in [0.4, 0.5) is 0 Å². The molecular weight excluding hydrogens is 216 g/mol. The van der Waals surface area contributed by atoms with Gasteiger partial charge in [0.15, 0.2) is 0 Å². The molecular formula is C18H22. The van der Waals surface area contributed by atoms with Crippen LogP contribution < -0.4 is 0 Å². The Labute approximate surface area is 112 Å². The maximum Gasteiger partial charge on any atom is 0.0278 e. The van der Waals surface area contributed by atoms with Crippen LogP contribution in [0.15, 0.2) is 60.7 Å². The zero-order valence-electron chi connectivity index (χ0n) is 11.9. The largest absolute Gasteiger partial charge is 0.0988 e. The number of hydrogen-bond acceptors (Lipinski definition) is 0. The molecule has 0 fully saturated rings. The number of aryl methyl sites for hydroxylation is 1. The second-order valence-corrected chi connectivity index (χ2v) is 3.57. The van der Waals surface area contributed by atoms with Crippen LogP contribution in [-0.4, -0.2) is 0 Å². The normalized spacial score (nSPS) is 10.0. The molecule has 1 aromatic rings. The fraction of sp³-hybridized carbons (Fsp3) is 0.222. The van der Waals surface area contributed by atoms with Crippen molar-refractivity contribution in [2.75, 3.05) is 0 Å². The molecule has 0 aliphatic heterocycles. The predicted molar refractivity (Wildman–Crippen MR) is 82.5 cm³/mol. The highest BCUT2D eigenvalue weighted by Gasteiger charge is 1.92. The molecule has 0 spiro atoms. The van der Waals surface area contributed by atoms with Gasteiger partial charge in [0, 0.05) is 11.1 Å². The minimum atomic E-state index is 0.929. The van der Waals surface area contributed by atoms with E-state index in [0.29, 0.717) is 0 Å². The van der Waals surface area contributed by atoms with Crippen LogP contribution in [0.3, 0.4) is 0 Å². The lowest BCUT2D eigenvalue weighted by molar-refractivity contribution is 1.43. The lowest BCUT2D eigenvalue weighted by atomic mass is 10.1. The molecule has 0 unspecified atom stereocenters. The molecule has 0 heteroatoms. The van der Waals surface area contributed by atoms with Gasteiger partial charge in [-0.05, 0) is 31.1 Å². The highest BCUT2D eigenvalue weighted by Crippen LogP contribution is 2.08. The second kappa shape index (κ2) is 9.07. The van der Waals surface area contributed by atoms with Crippen molar-refractivity contribution in [3.63, 3.8) is 0 Å². The van der Waals surface area contributed by atoms with Crippen molar-refractivity contribution in [2.24, 2.45) is 0 Å². The Hall–Kier alpha value is -2.00. The summed E-state index contributed by atoms with van der Waals surface area (Å²) in [4.78, 5) is 0. The molecule has 0 aliphatic rings. The van der Waals surface area contributed by atoms with Gasteiger partial charge in [0.1, 0.15) is 0 Å². The SMILES string of the molecule is C=C/C(C)=C(/C#Cc1ccccc1C)C=C.CC. The number of benzene rings is 1. The Morgan fingerprint density at radius 2 is 1.72 bits per heavy atom. The van der Waals surface area contributed by atoms with Gasteiger partial charge in [-0.25, -0.2) is 0 Å². The van der Waals surface area contributed by atoms with Gasteiger partial charge in [0.2, 0.25) is 0 Å². The number of allylic oxidation sites excluding steroid dienone is 4. The molecule has 0 N–H and O–H groups in total. The maximum absolute atomic E-state index is 3.76. The lowest BCUT2D eigenvalue weighted by Gasteiger charge is -1.97. The molecule has 1 rings (SSSR count). The lowest BCUT2D eigenvalue weighted by Crippen LogP contribution is -1.82. The molecule has 94 valence electrons. The molecule has 0 aliphatic carbocycles. The first-order valence-electron chi connectivity index (χ1n) is 6.22. The Morgan fingerprint density at radius 3 is 2.22 bits per heavy atom. The minimum Gasteiger partial charge on any atom is -0.0988 e. The quantitative estimate of drug-likeness (QED) is 0.499. The van der Waals surface area contributed by atoms with Crippen LogP contribution in [-0.2, 0) is 0 Å². The van der Waals surface area contributed by atoms with E-state index < -0.39 is 0 Å². The van der Waals surface area contributed by atoms with E-state index in [0.717, 1.165) is 16.7 Å². The Kier molecular flexibility index (Phi) is 8.07. The van der Waals surface area contributed by atoms with Gasteiger partial charge in [-0.15, -0.1) is 0 Å². The van der Waals surface area contributed by atoms with Gasteiger partial charge in [0.25, 0.3) is 0 Å². The molecule has 0 bridgehead atoms. The zero-order chi connectivity index (χ0) is 14.0. The van der Waals surface area contributed by atoms with E-state index in [9.17, 15) is 0 Å². The third-order valence-electron chi connectivity index (χ3n) is 2.41. The second-order valence-electron chi connectivity index (χ2n) is 3.57. The highest BCUT2D eigenvalue weighted by molar-refractivity contribution is 5.50. The number of rotatable bonds is 2. The fourth-order valence-electron chi connectivity index (χ4n) is 1.27. The maximum atomic E-state index is 3.76. The first-order valence-corrected chi connectivity index (χ1v) is 6.22. The highest BCUT2D eigenvalue weighted by atomic mass is 14.0. The summed E-state index contributed by atoms with van der Waals surface area (Å²) in [5.41, 5.74) is 4.22. The molecule has 0 nitrogen and oxygen atoms in total. The van der Waals surface area contributed by atoms with Gasteiger partial charge in [0.05, 0.1) is 0 Å². The van der Waals surface area contributed by atoms with E-state index in [2.05, 4.69) is 38.0 Å². The van der Waals surface area contributed by atoms with Crippen molar-refractivity contribution in [3.05, 3.63) is 71.8 Å². The Balaban J connectivity index is 0.00000137. The van der Waals surface area contributed by atoms with E-state index in [1.165, 1.54) is 5.56 Å². The van der Waals surface area contributed by atoms with Crippen LogP contribution in [0.5, 0.6) is 0 Å². The van der Waals surface area contributed by atoms with Crippen LogP contribution in [0.2, 0.25) is 0 Å². The number of hydrogen-bond donors (Lipinski definition) is 0. The summed E-state index contributed by atoms with van der Waals surface area (Å²) < 4.78 is 0. The molecule has 0 heterocycles. The summed E-state index contributed by atoms with van der Waals surface area (Å²) in [6.45, 7) is 15.5. The molecule has 18 heavy (non-hydrogen) atoms. The van der Waals surface area contributed by atoms with Gasteiger partial charge >= 0.3 is 0 Å². The monoisotopic (exact) mass is 238 g/mol. The van der Waals surface area contributed by atoms with Gasteiger partial charge in [-0.1, -0.05) is 69.2 Å². The molecule has 0 amide bonds. The standard InChI is InChI=1S/C16H16.C2H6/c1-5-13(3)15(6-2)11-12-16-10-8-7-9-14(16)4;1-2/h5-10H,1-2H2,3-4H3;1-2H3/b15-13+;. The van der Waals surface area contributed by atoms with Crippen molar-refractivity contribution in [3.8, 4) is 11.8 Å². The van der Waals surface area contributed by atoms with Crippen molar-refractivity contribution in [1.82, 2.24) is 0 Å². The third kappa shape index (κ3) is 4.89. The van der Waals surface area contributed by atoms with Crippen molar-refractivity contribution >= 4 is 0 Å². The van der Waals surface area contributed by atoms with Crippen LogP contribution in [0, 0.1) is 18.8 Å². The average molecular weight is 238 g/mol. The molecule has 0 atom stereocenters. The summed E-state index contributed by atoms with van der Waals surface area (Å²) in [6, 6.07) is 8.09. The van der Waals surface area contributed by atoms with E-state index >= 15 is 0 Å². The first-order chi connectivity index (χ1) is 8.69. The van der Waals surface area contributed by atoms with Gasteiger partial charge < -0.3 is 0 Å². The van der Waals surface area contributed by atoms with E-state index in [-0.39, 0.29) is 0 Å². The smallest absolute Gasteiger partial charge is 0.0278 e. The Bertz CT molecular complexity index is 490. The van der Waals surface area contributed by atoms with Crippen molar-refractivity contribution < 1.29 is 0 Å². The summed E-state index contributed by atoms with van der Waals surface area (Å²) >= 11 is 0. The molecule has 0 aromatic heterocycles. The van der Waals surface area contributed by atoms with Crippen LogP contribution >= 0.6 is 0 Å². The summed E-state index contributed by atoms with van der Waals surface area (Å²) in [5.74, 6) is 6.27. The van der Waals surface area contributed by atoms with E-state index in [1.807, 2.05) is 39.0 Å². The molecule has 0 saturated carbocycles. The summed E-state index contributed by atoms with van der Waals surface area (Å²) in [7, 11) is 0. The minimum absolute atomic E-state index is 0.929. The predicted octanol–water partition coefficient (Wildman–Crippen LogP) is 5.06. The van der Waals surface area contributed by atoms with Crippen molar-refractivity contribution in [2.45, 2.75) is 27.7 Å². The van der Waals surface area contributed by atoms with E-state index in [1.54, 1.807) is 12.2 Å². The molecule has 1 aromatic carbocycles. The molecule has 0 saturated heterocycles. The fourth-order valence-corrected chi connectivity index (χ4v) is 1.27. The summed E-state index contributed by atoms with van der Waals surface area (Å²) in [6.07, 6.45) is 3.56. The molecule has 0 radical (unpaired) electrons. The third-order valence-corrected chi connectivity index (χ3v) is 2.41. The van der Waals surface area contributed by atoms with Crippen LogP contribution in [0.1, 0.15) is 31.9 Å².